The van der Waals surface area contributed by atoms with Gasteiger partial charge in [-0.2, -0.15) is 0 Å². The molecule has 0 fully saturated rings. The van der Waals surface area contributed by atoms with Gasteiger partial charge in [-0.05, 0) is 24.3 Å². The Morgan fingerprint density at radius 3 is 2.43 bits per heavy atom. The van der Waals surface area contributed by atoms with Crippen molar-refractivity contribution in [1.29, 1.82) is 0 Å². The highest BCUT2D eigenvalue weighted by molar-refractivity contribution is 6.33. The fourth-order valence-corrected chi connectivity index (χ4v) is 3.38. The van der Waals surface area contributed by atoms with Crippen molar-refractivity contribution in [3.63, 3.8) is 0 Å². The summed E-state index contributed by atoms with van der Waals surface area (Å²) in [5.41, 5.74) is 1.97. The summed E-state index contributed by atoms with van der Waals surface area (Å²) in [4.78, 5) is 31.7. The lowest BCUT2D eigenvalue weighted by Gasteiger charge is -2.20. The molecule has 0 bridgehead atoms. The van der Waals surface area contributed by atoms with E-state index in [-0.39, 0.29) is 24.9 Å². The fraction of sp³-hybridized carbons (Fsp3) is 0.174. The Bertz CT molecular complexity index is 1080. The molecule has 7 heteroatoms. The molecule has 1 heterocycles. The number of carbonyl (C=O) groups is 2. The van der Waals surface area contributed by atoms with Crippen molar-refractivity contribution in [3.05, 3.63) is 90.3 Å². The highest BCUT2D eigenvalue weighted by atomic mass is 35.5. The fourth-order valence-electron chi connectivity index (χ4n) is 3.16. The summed E-state index contributed by atoms with van der Waals surface area (Å²) in [6.45, 7) is 8.53. The minimum absolute atomic E-state index is 0.0865. The Morgan fingerprint density at radius 2 is 1.73 bits per heavy atom. The van der Waals surface area contributed by atoms with Gasteiger partial charge in [0.15, 0.2) is 0 Å². The lowest BCUT2D eigenvalue weighted by molar-refractivity contribution is -0.130. The van der Waals surface area contributed by atoms with E-state index < -0.39 is 0 Å². The quantitative estimate of drug-likeness (QED) is 0.533. The number of nitrogens with one attached hydrogen (secondary N) is 1. The number of hydrogen-bond donors (Lipinski definition) is 1. The minimum Gasteiger partial charge on any atom is -0.345 e. The van der Waals surface area contributed by atoms with Gasteiger partial charge < -0.3 is 14.8 Å². The standard InChI is InChI=1S/C23H23ClN4O2/c1-3-13-27(14-4-2)22(29)16-28-20-12-8-7-11-19(20)26-21(28)15-25-23(30)17-9-5-6-10-18(17)24/h3-12H,1-2,13-16H2,(H,25,30). The van der Waals surface area contributed by atoms with Gasteiger partial charge in [-0.25, -0.2) is 4.98 Å². The smallest absolute Gasteiger partial charge is 0.253 e. The number of para-hydroxylation sites is 2. The number of halogens is 1. The summed E-state index contributed by atoms with van der Waals surface area (Å²) in [6, 6.07) is 14.4. The van der Waals surface area contributed by atoms with Crippen molar-refractivity contribution >= 4 is 34.4 Å². The average Bonchev–Trinajstić information content (AvgIpc) is 3.09. The zero-order valence-corrected chi connectivity index (χ0v) is 17.3. The summed E-state index contributed by atoms with van der Waals surface area (Å²) in [5.74, 6) is 0.198. The first-order valence-electron chi connectivity index (χ1n) is 9.51. The SMILES string of the molecule is C=CCN(CC=C)C(=O)Cn1c(CNC(=O)c2ccccc2Cl)nc2ccccc21. The molecule has 0 aliphatic rings. The first kappa shape index (κ1) is 21.3. The van der Waals surface area contributed by atoms with Crippen LogP contribution in [-0.2, 0) is 17.9 Å². The Kier molecular flexibility index (Phi) is 7.03. The predicted octanol–water partition coefficient (Wildman–Crippen LogP) is 3.82. The number of aromatic nitrogens is 2. The van der Waals surface area contributed by atoms with E-state index in [1.54, 1.807) is 41.3 Å². The largest absolute Gasteiger partial charge is 0.345 e. The van der Waals surface area contributed by atoms with Crippen LogP contribution in [0.4, 0.5) is 0 Å². The zero-order valence-electron chi connectivity index (χ0n) is 16.6. The van der Waals surface area contributed by atoms with Crippen LogP contribution >= 0.6 is 11.6 Å². The van der Waals surface area contributed by atoms with Crippen molar-refractivity contribution in [2.75, 3.05) is 13.1 Å². The summed E-state index contributed by atoms with van der Waals surface area (Å²) in [5, 5.41) is 3.22. The molecule has 3 rings (SSSR count). The van der Waals surface area contributed by atoms with Crippen molar-refractivity contribution in [1.82, 2.24) is 19.8 Å². The summed E-state index contributed by atoms with van der Waals surface area (Å²) in [7, 11) is 0. The van der Waals surface area contributed by atoms with Gasteiger partial charge in [0, 0.05) is 13.1 Å². The maximum atomic E-state index is 12.9. The van der Waals surface area contributed by atoms with Crippen molar-refractivity contribution in [2.24, 2.45) is 0 Å². The van der Waals surface area contributed by atoms with Crippen molar-refractivity contribution < 1.29 is 9.59 Å². The maximum Gasteiger partial charge on any atom is 0.253 e. The lowest BCUT2D eigenvalue weighted by Crippen LogP contribution is -2.35. The van der Waals surface area contributed by atoms with Crippen molar-refractivity contribution in [2.45, 2.75) is 13.1 Å². The molecule has 30 heavy (non-hydrogen) atoms. The highest BCUT2D eigenvalue weighted by Crippen LogP contribution is 2.18. The zero-order chi connectivity index (χ0) is 21.5. The molecule has 0 saturated carbocycles. The molecule has 0 unspecified atom stereocenters. The van der Waals surface area contributed by atoms with Gasteiger partial charge in [0.1, 0.15) is 12.4 Å². The Morgan fingerprint density at radius 1 is 1.07 bits per heavy atom. The lowest BCUT2D eigenvalue weighted by atomic mass is 10.2. The first-order valence-corrected chi connectivity index (χ1v) is 9.89. The van der Waals surface area contributed by atoms with Gasteiger partial charge >= 0.3 is 0 Å². The minimum atomic E-state index is -0.300. The number of nitrogens with zero attached hydrogens (tertiary/aromatic N) is 3. The second-order valence-corrected chi connectivity index (χ2v) is 7.05. The molecule has 0 aliphatic carbocycles. The first-order chi connectivity index (χ1) is 14.5. The van der Waals surface area contributed by atoms with Crippen LogP contribution in [0.2, 0.25) is 5.02 Å². The molecular formula is C23H23ClN4O2. The number of rotatable bonds is 9. The van der Waals surface area contributed by atoms with Gasteiger partial charge in [0.25, 0.3) is 5.91 Å². The molecule has 0 radical (unpaired) electrons. The van der Waals surface area contributed by atoms with Crippen LogP contribution in [0.3, 0.4) is 0 Å². The van der Waals surface area contributed by atoms with E-state index in [2.05, 4.69) is 23.5 Å². The maximum absolute atomic E-state index is 12.9. The molecule has 6 nitrogen and oxygen atoms in total. The Labute approximate surface area is 180 Å². The average molecular weight is 423 g/mol. The van der Waals surface area contributed by atoms with Crippen LogP contribution in [0.25, 0.3) is 11.0 Å². The third-order valence-electron chi connectivity index (χ3n) is 4.60. The number of imidazole rings is 1. The molecule has 1 N–H and O–H groups in total. The van der Waals surface area contributed by atoms with Crippen LogP contribution in [0.5, 0.6) is 0 Å². The summed E-state index contributed by atoms with van der Waals surface area (Å²) in [6.07, 6.45) is 3.36. The molecule has 2 amide bonds. The second-order valence-electron chi connectivity index (χ2n) is 6.64. The van der Waals surface area contributed by atoms with Crippen LogP contribution in [0.1, 0.15) is 16.2 Å². The molecule has 0 saturated heterocycles. The molecule has 1 aromatic heterocycles. The molecule has 0 atom stereocenters. The molecular weight excluding hydrogens is 400 g/mol. The van der Waals surface area contributed by atoms with Gasteiger partial charge in [-0.1, -0.05) is 48.0 Å². The number of carbonyl (C=O) groups excluding carboxylic acids is 2. The third-order valence-corrected chi connectivity index (χ3v) is 4.93. The van der Waals surface area contributed by atoms with E-state index in [0.717, 1.165) is 11.0 Å². The van der Waals surface area contributed by atoms with Crippen LogP contribution in [-0.4, -0.2) is 39.4 Å². The number of hydrogen-bond acceptors (Lipinski definition) is 3. The van der Waals surface area contributed by atoms with E-state index in [0.29, 0.717) is 29.5 Å². The molecule has 154 valence electrons. The number of amides is 2. The Balaban J connectivity index is 1.85. The van der Waals surface area contributed by atoms with E-state index in [1.165, 1.54) is 0 Å². The van der Waals surface area contributed by atoms with Crippen LogP contribution in [0.15, 0.2) is 73.8 Å². The number of benzene rings is 2. The summed E-state index contributed by atoms with van der Waals surface area (Å²) < 4.78 is 1.82. The van der Waals surface area contributed by atoms with Gasteiger partial charge in [0.05, 0.1) is 28.2 Å². The topological polar surface area (TPSA) is 67.2 Å². The molecule has 0 spiro atoms. The molecule has 0 aliphatic heterocycles. The van der Waals surface area contributed by atoms with E-state index in [9.17, 15) is 9.59 Å². The number of fused-ring (bicyclic) bond motifs is 1. The molecule has 3 aromatic rings. The van der Waals surface area contributed by atoms with E-state index in [1.807, 2.05) is 28.8 Å². The normalized spacial score (nSPS) is 10.6. The third kappa shape index (κ3) is 4.78. The predicted molar refractivity (Wildman–Crippen MR) is 119 cm³/mol. The Hall–Kier alpha value is -3.38. The van der Waals surface area contributed by atoms with Gasteiger partial charge in [-0.3, -0.25) is 9.59 Å². The van der Waals surface area contributed by atoms with E-state index in [4.69, 9.17) is 11.6 Å². The van der Waals surface area contributed by atoms with Crippen molar-refractivity contribution in [3.8, 4) is 0 Å². The van der Waals surface area contributed by atoms with Gasteiger partial charge in [0.2, 0.25) is 5.91 Å². The monoisotopic (exact) mass is 422 g/mol. The van der Waals surface area contributed by atoms with E-state index >= 15 is 0 Å². The van der Waals surface area contributed by atoms with Gasteiger partial charge in [-0.15, -0.1) is 13.2 Å². The highest BCUT2D eigenvalue weighted by Gasteiger charge is 2.18. The second kappa shape index (κ2) is 9.89. The van der Waals surface area contributed by atoms with Crippen LogP contribution in [0, 0.1) is 0 Å². The summed E-state index contributed by atoms with van der Waals surface area (Å²) >= 11 is 6.11. The van der Waals surface area contributed by atoms with Crippen LogP contribution < -0.4 is 5.32 Å². The molecule has 2 aromatic carbocycles.